The minimum atomic E-state index is -0.379. The summed E-state index contributed by atoms with van der Waals surface area (Å²) in [5.74, 6) is 0.204. The van der Waals surface area contributed by atoms with Gasteiger partial charge in [0.15, 0.2) is 5.78 Å². The van der Waals surface area contributed by atoms with E-state index in [-0.39, 0.29) is 28.7 Å². The van der Waals surface area contributed by atoms with Crippen LogP contribution >= 0.6 is 0 Å². The smallest absolute Gasteiger partial charge is 0.255 e. The van der Waals surface area contributed by atoms with Crippen molar-refractivity contribution in [2.75, 3.05) is 11.9 Å². The van der Waals surface area contributed by atoms with Crippen LogP contribution in [0.1, 0.15) is 52.5 Å². The predicted molar refractivity (Wildman–Crippen MR) is 117 cm³/mol. The number of benzene rings is 3. The van der Waals surface area contributed by atoms with Crippen LogP contribution in [0.5, 0.6) is 11.5 Å². The first-order valence-corrected chi connectivity index (χ1v) is 9.87. The molecule has 0 radical (unpaired) electrons. The summed E-state index contributed by atoms with van der Waals surface area (Å²) in [4.78, 5) is 24.0. The first kappa shape index (κ1) is 21.1. The average Bonchev–Trinajstić information content (AvgIpc) is 2.76. The number of Topliss-reactive ketones (excluding diaryl/α,β-unsaturated/α-hetero) is 1. The van der Waals surface area contributed by atoms with Crippen molar-refractivity contribution in [1.82, 2.24) is 0 Å². The molecule has 5 heteroatoms. The Morgan fingerprint density at radius 1 is 0.967 bits per heavy atom. The molecule has 1 atom stereocenters. The van der Waals surface area contributed by atoms with Gasteiger partial charge in [-0.3, -0.25) is 9.59 Å². The van der Waals surface area contributed by atoms with Gasteiger partial charge in [-0.2, -0.15) is 0 Å². The molecule has 3 aromatic rings. The molecule has 0 aromatic heterocycles. The van der Waals surface area contributed by atoms with Gasteiger partial charge >= 0.3 is 0 Å². The number of ketones is 1. The van der Waals surface area contributed by atoms with E-state index >= 15 is 0 Å². The minimum Gasteiger partial charge on any atom is -0.505 e. The van der Waals surface area contributed by atoms with Gasteiger partial charge in [-0.05, 0) is 61.2 Å². The van der Waals surface area contributed by atoms with Crippen molar-refractivity contribution in [3.05, 3.63) is 89.5 Å². The Labute approximate surface area is 176 Å². The summed E-state index contributed by atoms with van der Waals surface area (Å²) >= 11 is 0. The third-order valence-electron chi connectivity index (χ3n) is 4.97. The summed E-state index contributed by atoms with van der Waals surface area (Å²) in [6.07, 6.45) is 0.887. The van der Waals surface area contributed by atoms with E-state index < -0.39 is 0 Å². The van der Waals surface area contributed by atoms with Crippen LogP contribution in [0.3, 0.4) is 0 Å². The third-order valence-corrected chi connectivity index (χ3v) is 4.97. The zero-order chi connectivity index (χ0) is 21.5. The molecule has 0 aliphatic heterocycles. The van der Waals surface area contributed by atoms with E-state index in [1.807, 2.05) is 18.2 Å². The number of phenolic OH excluding ortho intramolecular Hbond substituents is 1. The van der Waals surface area contributed by atoms with Gasteiger partial charge in [0.25, 0.3) is 5.91 Å². The van der Waals surface area contributed by atoms with Crippen molar-refractivity contribution >= 4 is 17.4 Å². The highest BCUT2D eigenvalue weighted by Gasteiger charge is 2.14. The van der Waals surface area contributed by atoms with E-state index in [4.69, 9.17) is 4.74 Å². The molecule has 3 rings (SSSR count). The van der Waals surface area contributed by atoms with E-state index in [0.29, 0.717) is 23.8 Å². The first-order chi connectivity index (χ1) is 14.5. The summed E-state index contributed by atoms with van der Waals surface area (Å²) < 4.78 is 5.80. The number of para-hydroxylation sites is 1. The van der Waals surface area contributed by atoms with Gasteiger partial charge in [-0.1, -0.05) is 43.3 Å². The number of ether oxygens (including phenoxy) is 1. The number of nitrogens with one attached hydrogen (secondary N) is 1. The first-order valence-electron chi connectivity index (χ1n) is 9.87. The van der Waals surface area contributed by atoms with Crippen LogP contribution in [0.25, 0.3) is 0 Å². The van der Waals surface area contributed by atoms with Gasteiger partial charge in [0.1, 0.15) is 11.5 Å². The van der Waals surface area contributed by atoms with E-state index in [0.717, 1.165) is 6.42 Å². The fourth-order valence-electron chi connectivity index (χ4n) is 3.13. The van der Waals surface area contributed by atoms with Gasteiger partial charge in [-0.15, -0.1) is 0 Å². The summed E-state index contributed by atoms with van der Waals surface area (Å²) in [5.41, 5.74) is 2.07. The Kier molecular flexibility index (Phi) is 6.86. The minimum absolute atomic E-state index is 0.168. The molecule has 0 bridgehead atoms. The molecule has 0 fully saturated rings. The molecule has 0 aliphatic rings. The summed E-state index contributed by atoms with van der Waals surface area (Å²) in [6.45, 7) is 4.11. The van der Waals surface area contributed by atoms with Crippen LogP contribution in [-0.4, -0.2) is 23.4 Å². The Balaban J connectivity index is 1.56. The molecular weight excluding hydrogens is 378 g/mol. The van der Waals surface area contributed by atoms with Gasteiger partial charge in [-0.25, -0.2) is 0 Å². The molecule has 3 aromatic carbocycles. The lowest BCUT2D eigenvalue weighted by molar-refractivity contribution is 0.100. The normalized spacial score (nSPS) is 11.5. The quantitative estimate of drug-likeness (QED) is 0.389. The highest BCUT2D eigenvalue weighted by atomic mass is 16.5. The van der Waals surface area contributed by atoms with Crippen molar-refractivity contribution in [2.24, 2.45) is 0 Å². The fraction of sp³-hybridized carbons (Fsp3) is 0.200. The van der Waals surface area contributed by atoms with Crippen LogP contribution < -0.4 is 10.1 Å². The standard InChI is InChI=1S/C25H25NO4/c1-17(19-7-4-3-5-8-19)15-16-30-21-13-11-20(12-14-21)25(29)26-23-10-6-9-22(18(2)27)24(23)28/h3-14,17,28H,15-16H2,1-2H3,(H,26,29). The van der Waals surface area contributed by atoms with Crippen molar-refractivity contribution in [1.29, 1.82) is 0 Å². The monoisotopic (exact) mass is 403 g/mol. The molecule has 30 heavy (non-hydrogen) atoms. The number of hydrogen-bond acceptors (Lipinski definition) is 4. The Morgan fingerprint density at radius 2 is 1.67 bits per heavy atom. The van der Waals surface area contributed by atoms with Crippen molar-refractivity contribution < 1.29 is 19.4 Å². The molecule has 1 amide bonds. The lowest BCUT2D eigenvalue weighted by Gasteiger charge is -2.13. The van der Waals surface area contributed by atoms with Crippen molar-refractivity contribution in [3.63, 3.8) is 0 Å². The van der Waals surface area contributed by atoms with Gasteiger partial charge in [0, 0.05) is 5.56 Å². The van der Waals surface area contributed by atoms with Gasteiger partial charge in [0.05, 0.1) is 17.9 Å². The molecule has 154 valence electrons. The summed E-state index contributed by atoms with van der Waals surface area (Å²) in [7, 11) is 0. The summed E-state index contributed by atoms with van der Waals surface area (Å²) in [5, 5.41) is 12.8. The fourth-order valence-corrected chi connectivity index (χ4v) is 3.13. The molecule has 0 heterocycles. The van der Waals surface area contributed by atoms with Crippen molar-refractivity contribution in [2.45, 2.75) is 26.2 Å². The molecule has 2 N–H and O–H groups in total. The van der Waals surface area contributed by atoms with Crippen LogP contribution in [0.4, 0.5) is 5.69 Å². The zero-order valence-electron chi connectivity index (χ0n) is 17.1. The maximum atomic E-state index is 12.5. The number of carbonyl (C=O) groups excluding carboxylic acids is 2. The van der Waals surface area contributed by atoms with Gasteiger partial charge in [0.2, 0.25) is 0 Å². The Hall–Kier alpha value is -3.60. The predicted octanol–water partition coefficient (Wildman–Crippen LogP) is 5.42. The lowest BCUT2D eigenvalue weighted by atomic mass is 9.98. The lowest BCUT2D eigenvalue weighted by Crippen LogP contribution is -2.12. The SMILES string of the molecule is CC(=O)c1cccc(NC(=O)c2ccc(OCCC(C)c3ccccc3)cc2)c1O. The number of rotatable bonds is 8. The number of anilines is 1. The van der Waals surface area contributed by atoms with E-state index in [9.17, 15) is 14.7 Å². The molecule has 1 unspecified atom stereocenters. The number of carbonyl (C=O) groups is 2. The number of hydrogen-bond donors (Lipinski definition) is 2. The second kappa shape index (κ2) is 9.74. The molecule has 0 aliphatic carbocycles. The van der Waals surface area contributed by atoms with Crippen LogP contribution in [0.2, 0.25) is 0 Å². The van der Waals surface area contributed by atoms with Crippen LogP contribution in [0, 0.1) is 0 Å². The van der Waals surface area contributed by atoms with Crippen LogP contribution in [-0.2, 0) is 0 Å². The van der Waals surface area contributed by atoms with E-state index in [1.54, 1.807) is 36.4 Å². The van der Waals surface area contributed by atoms with Gasteiger partial charge < -0.3 is 15.2 Å². The average molecular weight is 403 g/mol. The molecule has 0 saturated carbocycles. The highest BCUT2D eigenvalue weighted by molar-refractivity contribution is 6.07. The van der Waals surface area contributed by atoms with E-state index in [1.165, 1.54) is 18.6 Å². The topological polar surface area (TPSA) is 75.6 Å². The maximum absolute atomic E-state index is 12.5. The highest BCUT2D eigenvalue weighted by Crippen LogP contribution is 2.28. The van der Waals surface area contributed by atoms with Crippen LogP contribution in [0.15, 0.2) is 72.8 Å². The number of amides is 1. The maximum Gasteiger partial charge on any atom is 0.255 e. The third kappa shape index (κ3) is 5.26. The molecule has 0 spiro atoms. The van der Waals surface area contributed by atoms with E-state index in [2.05, 4.69) is 24.4 Å². The molecule has 5 nitrogen and oxygen atoms in total. The molecular formula is C25H25NO4. The number of aromatic hydroxyl groups is 1. The van der Waals surface area contributed by atoms with Crippen molar-refractivity contribution in [3.8, 4) is 11.5 Å². The Bertz CT molecular complexity index is 1010. The molecule has 0 saturated heterocycles. The second-order valence-electron chi connectivity index (χ2n) is 7.19. The largest absolute Gasteiger partial charge is 0.505 e. The summed E-state index contributed by atoms with van der Waals surface area (Å²) in [6, 6.07) is 21.8. The Morgan fingerprint density at radius 3 is 2.33 bits per heavy atom. The number of phenols is 1. The zero-order valence-corrected chi connectivity index (χ0v) is 17.1. The second-order valence-corrected chi connectivity index (χ2v) is 7.19.